The minimum absolute atomic E-state index is 0.285. The van der Waals surface area contributed by atoms with Gasteiger partial charge in [0.05, 0.1) is 0 Å². The molecule has 27 heavy (non-hydrogen) atoms. The lowest BCUT2D eigenvalue weighted by molar-refractivity contribution is 0.0962. The number of rotatable bonds is 5. The zero-order valence-corrected chi connectivity index (χ0v) is 16.9. The van der Waals surface area contributed by atoms with E-state index in [9.17, 15) is 4.79 Å². The molecule has 0 N–H and O–H groups in total. The molecule has 4 rings (SSSR count). The van der Waals surface area contributed by atoms with E-state index in [1.54, 1.807) is 11.3 Å². The summed E-state index contributed by atoms with van der Waals surface area (Å²) in [4.78, 5) is 19.8. The van der Waals surface area contributed by atoms with Crippen LogP contribution in [0.1, 0.15) is 26.5 Å². The molecule has 1 aliphatic rings. The molecule has 0 spiro atoms. The molecule has 1 saturated heterocycles. The number of piperazine rings is 1. The van der Waals surface area contributed by atoms with Gasteiger partial charge in [0.1, 0.15) is 0 Å². The highest BCUT2D eigenvalue weighted by Gasteiger charge is 2.20. The summed E-state index contributed by atoms with van der Waals surface area (Å²) in [6, 6.07) is 17.2. The summed E-state index contributed by atoms with van der Waals surface area (Å²) in [7, 11) is 0. The summed E-state index contributed by atoms with van der Waals surface area (Å²) in [5.41, 5.74) is 2.25. The Bertz CT molecular complexity index is 949. The number of carbonyl (C=O) groups is 1. The number of ketones is 1. The lowest BCUT2D eigenvalue weighted by atomic mass is 10.1. The van der Waals surface area contributed by atoms with Crippen molar-refractivity contribution in [2.24, 2.45) is 0 Å². The standard InChI is InChI=1S/C23H26N2OS/c1-17-16-21(18(2)27-17)23(26)10-11-24-12-14-25(15-13-24)22-9-5-7-19-6-3-4-8-20(19)22/h3-9,16H,10-15H2,1-2H3. The molecule has 0 aliphatic carbocycles. The molecular formula is C23H26N2OS. The number of hydrogen-bond donors (Lipinski definition) is 0. The van der Waals surface area contributed by atoms with Crippen LogP contribution in [0.4, 0.5) is 5.69 Å². The van der Waals surface area contributed by atoms with E-state index in [0.717, 1.165) is 43.2 Å². The number of Topliss-reactive ketones (excluding diaryl/α,β-unsaturated/α-hetero) is 1. The fourth-order valence-corrected chi connectivity index (χ4v) is 4.94. The van der Waals surface area contributed by atoms with Gasteiger partial charge in [0.2, 0.25) is 0 Å². The van der Waals surface area contributed by atoms with Gasteiger partial charge in [-0.25, -0.2) is 0 Å². The number of aryl methyl sites for hydroxylation is 2. The van der Waals surface area contributed by atoms with Crippen LogP contribution in [-0.4, -0.2) is 43.4 Å². The molecule has 1 fully saturated rings. The van der Waals surface area contributed by atoms with Gasteiger partial charge in [-0.3, -0.25) is 9.69 Å². The number of fused-ring (bicyclic) bond motifs is 1. The summed E-state index contributed by atoms with van der Waals surface area (Å²) < 4.78 is 0. The Morgan fingerprint density at radius 3 is 2.48 bits per heavy atom. The first-order chi connectivity index (χ1) is 13.1. The number of thiophene rings is 1. The van der Waals surface area contributed by atoms with Crippen LogP contribution in [-0.2, 0) is 0 Å². The predicted octanol–water partition coefficient (Wildman–Crippen LogP) is 4.91. The zero-order valence-electron chi connectivity index (χ0n) is 16.1. The summed E-state index contributed by atoms with van der Waals surface area (Å²) in [5, 5.41) is 2.62. The van der Waals surface area contributed by atoms with Gasteiger partial charge in [-0.05, 0) is 31.4 Å². The Morgan fingerprint density at radius 1 is 1.00 bits per heavy atom. The van der Waals surface area contributed by atoms with Crippen molar-refractivity contribution >= 4 is 33.6 Å². The number of anilines is 1. The fourth-order valence-electron chi connectivity index (χ4n) is 4.00. The molecular weight excluding hydrogens is 352 g/mol. The molecule has 0 amide bonds. The Labute approximate surface area is 165 Å². The van der Waals surface area contributed by atoms with Crippen molar-refractivity contribution in [1.29, 1.82) is 0 Å². The quantitative estimate of drug-likeness (QED) is 0.589. The lowest BCUT2D eigenvalue weighted by Crippen LogP contribution is -2.47. The molecule has 3 nitrogen and oxygen atoms in total. The number of hydrogen-bond acceptors (Lipinski definition) is 4. The topological polar surface area (TPSA) is 23.6 Å². The Hall–Kier alpha value is -2.17. The second-order valence-corrected chi connectivity index (χ2v) is 8.79. The first-order valence-corrected chi connectivity index (χ1v) is 10.5. The van der Waals surface area contributed by atoms with E-state index in [0.29, 0.717) is 6.42 Å². The van der Waals surface area contributed by atoms with E-state index < -0.39 is 0 Å². The number of nitrogens with zero attached hydrogens (tertiary/aromatic N) is 2. The van der Waals surface area contributed by atoms with Crippen LogP contribution in [0.15, 0.2) is 48.5 Å². The van der Waals surface area contributed by atoms with Gasteiger partial charge in [0, 0.05) is 65.5 Å². The monoisotopic (exact) mass is 378 g/mol. The van der Waals surface area contributed by atoms with E-state index in [1.165, 1.54) is 21.3 Å². The van der Waals surface area contributed by atoms with Gasteiger partial charge in [0.15, 0.2) is 5.78 Å². The lowest BCUT2D eigenvalue weighted by Gasteiger charge is -2.36. The van der Waals surface area contributed by atoms with Crippen molar-refractivity contribution in [3.05, 3.63) is 63.8 Å². The highest BCUT2D eigenvalue weighted by molar-refractivity contribution is 7.12. The molecule has 3 aromatic rings. The first-order valence-electron chi connectivity index (χ1n) is 9.67. The van der Waals surface area contributed by atoms with E-state index >= 15 is 0 Å². The average molecular weight is 379 g/mol. The Kier molecular flexibility index (Phi) is 5.28. The predicted molar refractivity (Wildman–Crippen MR) is 115 cm³/mol. The smallest absolute Gasteiger partial charge is 0.165 e. The number of carbonyl (C=O) groups excluding carboxylic acids is 1. The van der Waals surface area contributed by atoms with Crippen molar-refractivity contribution in [1.82, 2.24) is 4.90 Å². The second-order valence-electron chi connectivity index (χ2n) is 7.33. The molecule has 0 radical (unpaired) electrons. The minimum Gasteiger partial charge on any atom is -0.368 e. The molecule has 0 saturated carbocycles. The largest absolute Gasteiger partial charge is 0.368 e. The summed E-state index contributed by atoms with van der Waals surface area (Å²) in [6.45, 7) is 9.03. The highest BCUT2D eigenvalue weighted by Crippen LogP contribution is 2.27. The van der Waals surface area contributed by atoms with Crippen LogP contribution >= 0.6 is 11.3 Å². The second kappa shape index (κ2) is 7.83. The van der Waals surface area contributed by atoms with E-state index in [4.69, 9.17) is 0 Å². The van der Waals surface area contributed by atoms with Crippen molar-refractivity contribution in [3.8, 4) is 0 Å². The fraction of sp³-hybridized carbons (Fsp3) is 0.348. The maximum absolute atomic E-state index is 12.5. The van der Waals surface area contributed by atoms with Gasteiger partial charge < -0.3 is 4.90 Å². The van der Waals surface area contributed by atoms with Crippen LogP contribution in [0.2, 0.25) is 0 Å². The van der Waals surface area contributed by atoms with Crippen molar-refractivity contribution in [2.75, 3.05) is 37.6 Å². The summed E-state index contributed by atoms with van der Waals surface area (Å²) in [5.74, 6) is 0.285. The summed E-state index contributed by atoms with van der Waals surface area (Å²) in [6.07, 6.45) is 0.616. The Morgan fingerprint density at radius 2 is 1.74 bits per heavy atom. The van der Waals surface area contributed by atoms with Gasteiger partial charge in [-0.2, -0.15) is 0 Å². The third kappa shape index (κ3) is 3.92. The normalized spacial score (nSPS) is 15.4. The zero-order chi connectivity index (χ0) is 18.8. The van der Waals surface area contributed by atoms with E-state index in [-0.39, 0.29) is 5.78 Å². The van der Waals surface area contributed by atoms with Crippen LogP contribution in [0.25, 0.3) is 10.8 Å². The van der Waals surface area contributed by atoms with Crippen molar-refractivity contribution in [2.45, 2.75) is 20.3 Å². The molecule has 2 aromatic carbocycles. The molecule has 0 atom stereocenters. The minimum atomic E-state index is 0.285. The molecule has 4 heteroatoms. The van der Waals surface area contributed by atoms with E-state index in [2.05, 4.69) is 59.2 Å². The van der Waals surface area contributed by atoms with Gasteiger partial charge >= 0.3 is 0 Å². The van der Waals surface area contributed by atoms with Crippen LogP contribution in [0.3, 0.4) is 0 Å². The van der Waals surface area contributed by atoms with Crippen molar-refractivity contribution in [3.63, 3.8) is 0 Å². The SMILES string of the molecule is Cc1cc(C(=O)CCN2CCN(c3cccc4ccccc34)CC2)c(C)s1. The van der Waals surface area contributed by atoms with Crippen molar-refractivity contribution < 1.29 is 4.79 Å². The van der Waals surface area contributed by atoms with E-state index in [1.807, 2.05) is 13.0 Å². The Balaban J connectivity index is 1.35. The average Bonchev–Trinajstić information content (AvgIpc) is 3.04. The molecule has 1 aliphatic heterocycles. The van der Waals surface area contributed by atoms with Gasteiger partial charge in [0.25, 0.3) is 0 Å². The van der Waals surface area contributed by atoms with Gasteiger partial charge in [-0.1, -0.05) is 36.4 Å². The third-order valence-electron chi connectivity index (χ3n) is 5.48. The number of benzene rings is 2. The maximum Gasteiger partial charge on any atom is 0.165 e. The maximum atomic E-state index is 12.5. The molecule has 0 bridgehead atoms. The molecule has 2 heterocycles. The molecule has 140 valence electrons. The molecule has 1 aromatic heterocycles. The van der Waals surface area contributed by atoms with Gasteiger partial charge in [-0.15, -0.1) is 11.3 Å². The highest BCUT2D eigenvalue weighted by atomic mass is 32.1. The summed E-state index contributed by atoms with van der Waals surface area (Å²) >= 11 is 1.72. The molecule has 0 unspecified atom stereocenters. The third-order valence-corrected chi connectivity index (χ3v) is 6.44. The van der Waals surface area contributed by atoms with Crippen LogP contribution < -0.4 is 4.90 Å². The first kappa shape index (κ1) is 18.2. The van der Waals surface area contributed by atoms with Crippen LogP contribution in [0.5, 0.6) is 0 Å². The van der Waals surface area contributed by atoms with Crippen LogP contribution in [0, 0.1) is 13.8 Å².